The van der Waals surface area contributed by atoms with Crippen molar-refractivity contribution in [3.05, 3.63) is 11.8 Å². The second-order valence-corrected chi connectivity index (χ2v) is 5.60. The van der Waals surface area contributed by atoms with Crippen LogP contribution in [0.3, 0.4) is 0 Å². The number of amides is 1. The lowest BCUT2D eigenvalue weighted by atomic mass is 10.2. The molecule has 7 nitrogen and oxygen atoms in total. The predicted octanol–water partition coefficient (Wildman–Crippen LogP) is 2.15. The summed E-state index contributed by atoms with van der Waals surface area (Å²) in [5, 5.41) is 8.88. The van der Waals surface area contributed by atoms with Gasteiger partial charge in [-0.15, -0.1) is 0 Å². The Hall–Kier alpha value is -2.05. The molecule has 0 bridgehead atoms. The first kappa shape index (κ1) is 17.0. The minimum Gasteiger partial charge on any atom is -0.444 e. The molecule has 0 radical (unpaired) electrons. The van der Waals surface area contributed by atoms with Crippen molar-refractivity contribution >= 4 is 17.9 Å². The SMILES string of the molecule is CCNc1cc(C)nc(NCCNC(=O)OC(C)(C)C)n1. The fraction of sp³-hybridized carbons (Fsp3) is 0.643. The van der Waals surface area contributed by atoms with Gasteiger partial charge in [0.25, 0.3) is 0 Å². The molecule has 1 amide bonds. The number of aryl methyl sites for hydroxylation is 1. The molecule has 1 rings (SSSR count). The minimum absolute atomic E-state index is 0.428. The Morgan fingerprint density at radius 2 is 1.95 bits per heavy atom. The van der Waals surface area contributed by atoms with Crippen LogP contribution >= 0.6 is 0 Å². The zero-order valence-electron chi connectivity index (χ0n) is 13.4. The van der Waals surface area contributed by atoms with E-state index in [-0.39, 0.29) is 0 Å². The Kier molecular flexibility index (Phi) is 6.20. The number of hydrogen-bond donors (Lipinski definition) is 3. The number of hydrogen-bond acceptors (Lipinski definition) is 6. The summed E-state index contributed by atoms with van der Waals surface area (Å²) >= 11 is 0. The second kappa shape index (κ2) is 7.66. The molecule has 118 valence electrons. The lowest BCUT2D eigenvalue weighted by Gasteiger charge is -2.19. The van der Waals surface area contributed by atoms with Gasteiger partial charge in [0.05, 0.1) is 0 Å². The largest absolute Gasteiger partial charge is 0.444 e. The number of anilines is 2. The molecule has 1 aromatic heterocycles. The maximum Gasteiger partial charge on any atom is 0.407 e. The Labute approximate surface area is 125 Å². The van der Waals surface area contributed by atoms with Gasteiger partial charge in [-0.05, 0) is 34.6 Å². The van der Waals surface area contributed by atoms with Crippen LogP contribution < -0.4 is 16.0 Å². The third-order valence-corrected chi connectivity index (χ3v) is 2.29. The third-order valence-electron chi connectivity index (χ3n) is 2.29. The van der Waals surface area contributed by atoms with E-state index < -0.39 is 11.7 Å². The van der Waals surface area contributed by atoms with Crippen LogP contribution in [-0.2, 0) is 4.74 Å². The molecule has 0 atom stereocenters. The molecule has 0 unspecified atom stereocenters. The number of nitrogens with one attached hydrogen (secondary N) is 3. The van der Waals surface area contributed by atoms with Gasteiger partial charge in [0.15, 0.2) is 0 Å². The minimum atomic E-state index is -0.488. The molecular weight excluding hydrogens is 270 g/mol. The first-order valence-electron chi connectivity index (χ1n) is 7.10. The van der Waals surface area contributed by atoms with Crippen molar-refractivity contribution in [1.82, 2.24) is 15.3 Å². The molecule has 0 aliphatic rings. The Morgan fingerprint density at radius 3 is 2.57 bits per heavy atom. The first-order chi connectivity index (χ1) is 9.80. The molecule has 1 heterocycles. The van der Waals surface area contributed by atoms with E-state index in [2.05, 4.69) is 25.9 Å². The van der Waals surface area contributed by atoms with E-state index in [1.54, 1.807) is 0 Å². The number of ether oxygens (including phenoxy) is 1. The summed E-state index contributed by atoms with van der Waals surface area (Å²) in [4.78, 5) is 20.1. The number of carbonyl (C=O) groups excluding carboxylic acids is 1. The average Bonchev–Trinajstić information content (AvgIpc) is 2.32. The standard InChI is InChI=1S/C14H25N5O2/c1-6-15-11-9-10(2)18-12(19-11)16-7-8-17-13(20)21-14(3,4)5/h9H,6-8H2,1-5H3,(H,17,20)(H2,15,16,18,19). The van der Waals surface area contributed by atoms with Gasteiger partial charge in [-0.3, -0.25) is 0 Å². The van der Waals surface area contributed by atoms with Crippen molar-refractivity contribution in [3.8, 4) is 0 Å². The van der Waals surface area contributed by atoms with Crippen molar-refractivity contribution in [1.29, 1.82) is 0 Å². The lowest BCUT2D eigenvalue weighted by molar-refractivity contribution is 0.0530. The maximum atomic E-state index is 11.5. The summed E-state index contributed by atoms with van der Waals surface area (Å²) < 4.78 is 5.14. The van der Waals surface area contributed by atoms with Crippen LogP contribution in [0.2, 0.25) is 0 Å². The fourth-order valence-electron chi connectivity index (χ4n) is 1.57. The van der Waals surface area contributed by atoms with Crippen molar-refractivity contribution in [2.75, 3.05) is 30.3 Å². The molecule has 0 spiro atoms. The second-order valence-electron chi connectivity index (χ2n) is 5.60. The zero-order valence-corrected chi connectivity index (χ0v) is 13.4. The first-order valence-corrected chi connectivity index (χ1v) is 7.10. The van der Waals surface area contributed by atoms with Crippen LogP contribution in [0.5, 0.6) is 0 Å². The highest BCUT2D eigenvalue weighted by Gasteiger charge is 2.15. The molecule has 0 aliphatic heterocycles. The maximum absolute atomic E-state index is 11.5. The molecular formula is C14H25N5O2. The van der Waals surface area contributed by atoms with Gasteiger partial charge in [-0.25, -0.2) is 9.78 Å². The van der Waals surface area contributed by atoms with E-state index in [9.17, 15) is 4.79 Å². The number of aromatic nitrogens is 2. The summed E-state index contributed by atoms with van der Waals surface area (Å²) in [7, 11) is 0. The van der Waals surface area contributed by atoms with E-state index >= 15 is 0 Å². The van der Waals surface area contributed by atoms with E-state index in [1.165, 1.54) is 0 Å². The third kappa shape index (κ3) is 7.34. The van der Waals surface area contributed by atoms with Crippen LogP contribution in [0.15, 0.2) is 6.07 Å². The topological polar surface area (TPSA) is 88.2 Å². The summed E-state index contributed by atoms with van der Waals surface area (Å²) in [6.45, 7) is 11.2. The van der Waals surface area contributed by atoms with Crippen molar-refractivity contribution in [2.45, 2.75) is 40.2 Å². The molecule has 0 fully saturated rings. The quantitative estimate of drug-likeness (QED) is 0.697. The molecule has 0 aliphatic carbocycles. The summed E-state index contributed by atoms with van der Waals surface area (Å²) in [5.74, 6) is 1.32. The monoisotopic (exact) mass is 295 g/mol. The average molecular weight is 295 g/mol. The number of alkyl carbamates (subject to hydrolysis) is 1. The van der Waals surface area contributed by atoms with Crippen molar-refractivity contribution in [2.24, 2.45) is 0 Å². The fourth-order valence-corrected chi connectivity index (χ4v) is 1.57. The van der Waals surface area contributed by atoms with Gasteiger partial charge < -0.3 is 20.7 Å². The van der Waals surface area contributed by atoms with Gasteiger partial charge in [0.2, 0.25) is 5.95 Å². The normalized spacial score (nSPS) is 10.9. The molecule has 1 aromatic rings. The van der Waals surface area contributed by atoms with Crippen LogP contribution in [-0.4, -0.2) is 41.3 Å². The highest BCUT2D eigenvalue weighted by Crippen LogP contribution is 2.09. The predicted molar refractivity (Wildman–Crippen MR) is 83.7 cm³/mol. The van der Waals surface area contributed by atoms with Crippen molar-refractivity contribution < 1.29 is 9.53 Å². The van der Waals surface area contributed by atoms with E-state index in [0.717, 1.165) is 18.1 Å². The Bertz CT molecular complexity index is 471. The Morgan fingerprint density at radius 1 is 1.24 bits per heavy atom. The van der Waals surface area contributed by atoms with E-state index in [4.69, 9.17) is 4.74 Å². The molecule has 21 heavy (non-hydrogen) atoms. The summed E-state index contributed by atoms with van der Waals surface area (Å²) in [6, 6.07) is 1.88. The number of carbonyl (C=O) groups is 1. The highest BCUT2D eigenvalue weighted by atomic mass is 16.6. The van der Waals surface area contributed by atoms with Crippen LogP contribution in [0, 0.1) is 6.92 Å². The van der Waals surface area contributed by atoms with Crippen LogP contribution in [0.25, 0.3) is 0 Å². The van der Waals surface area contributed by atoms with Gasteiger partial charge in [-0.1, -0.05) is 0 Å². The Balaban J connectivity index is 2.37. The number of rotatable bonds is 6. The number of nitrogens with zero attached hydrogens (tertiary/aromatic N) is 2. The van der Waals surface area contributed by atoms with Crippen LogP contribution in [0.4, 0.5) is 16.6 Å². The summed E-state index contributed by atoms with van der Waals surface area (Å²) in [5.41, 5.74) is 0.390. The van der Waals surface area contributed by atoms with Gasteiger partial charge in [0.1, 0.15) is 11.4 Å². The smallest absolute Gasteiger partial charge is 0.407 e. The van der Waals surface area contributed by atoms with E-state index in [1.807, 2.05) is 40.7 Å². The molecule has 0 aromatic carbocycles. The molecule has 3 N–H and O–H groups in total. The lowest BCUT2D eigenvalue weighted by Crippen LogP contribution is -2.35. The van der Waals surface area contributed by atoms with Gasteiger partial charge in [-0.2, -0.15) is 4.98 Å². The molecule has 0 saturated heterocycles. The van der Waals surface area contributed by atoms with Crippen LogP contribution in [0.1, 0.15) is 33.4 Å². The molecule has 7 heteroatoms. The highest BCUT2D eigenvalue weighted by molar-refractivity contribution is 5.67. The van der Waals surface area contributed by atoms with Gasteiger partial charge >= 0.3 is 6.09 Å². The van der Waals surface area contributed by atoms with E-state index in [0.29, 0.717) is 19.0 Å². The zero-order chi connectivity index (χ0) is 15.9. The summed E-state index contributed by atoms with van der Waals surface area (Å²) in [6.07, 6.45) is -0.428. The van der Waals surface area contributed by atoms with Gasteiger partial charge in [0, 0.05) is 31.4 Å². The molecule has 0 saturated carbocycles. The van der Waals surface area contributed by atoms with Crippen molar-refractivity contribution in [3.63, 3.8) is 0 Å².